The van der Waals surface area contributed by atoms with Gasteiger partial charge in [-0.1, -0.05) is 47.6 Å². The lowest BCUT2D eigenvalue weighted by molar-refractivity contribution is -0.147. The number of fused-ring (bicyclic) bond motifs is 1. The molecule has 2 aromatic carbocycles. The Morgan fingerprint density at radius 2 is 1.93 bits per heavy atom. The fourth-order valence-corrected chi connectivity index (χ4v) is 3.72. The third-order valence-electron chi connectivity index (χ3n) is 5.31. The topological polar surface area (TPSA) is 101 Å². The van der Waals surface area contributed by atoms with Crippen LogP contribution in [-0.4, -0.2) is 39.9 Å². The smallest absolute Gasteiger partial charge is 0.309 e. The van der Waals surface area contributed by atoms with Crippen LogP contribution >= 0.6 is 0 Å². The van der Waals surface area contributed by atoms with Crippen LogP contribution < -0.4 is 5.73 Å². The van der Waals surface area contributed by atoms with Crippen LogP contribution in [0.4, 0.5) is 0 Å². The van der Waals surface area contributed by atoms with E-state index in [1.165, 1.54) is 0 Å². The first-order valence-electron chi connectivity index (χ1n) is 9.85. The number of aryl methyl sites for hydroxylation is 1. The highest BCUT2D eigenvalue weighted by atomic mass is 16.6. The molecule has 0 spiro atoms. The van der Waals surface area contributed by atoms with Crippen LogP contribution in [0.1, 0.15) is 22.5 Å². The normalized spacial score (nSPS) is 15.2. The molecule has 7 nitrogen and oxygen atoms in total. The zero-order chi connectivity index (χ0) is 21.1. The Labute approximate surface area is 174 Å². The number of benzene rings is 2. The molecule has 4 rings (SSSR count). The van der Waals surface area contributed by atoms with Gasteiger partial charge >= 0.3 is 5.97 Å². The van der Waals surface area contributed by atoms with Crippen LogP contribution in [0.25, 0.3) is 10.8 Å². The van der Waals surface area contributed by atoms with Gasteiger partial charge in [0.05, 0.1) is 11.6 Å². The third kappa shape index (κ3) is 4.26. The standard InChI is InChI=1S/C23H24N4O3/c1-15-5-4-6-18(25-15)14-30-26-22(24)21-10-9-16(19-7-2-3-8-20(19)21)11-27-12-17(13-27)23(28)29/h2-10,17H,11-14H2,1H3,(H2,24,26)(H,28,29). The van der Waals surface area contributed by atoms with Crippen molar-refractivity contribution < 1.29 is 14.7 Å². The molecule has 1 aliphatic rings. The number of aromatic nitrogens is 1. The summed E-state index contributed by atoms with van der Waals surface area (Å²) < 4.78 is 0. The van der Waals surface area contributed by atoms with Crippen molar-refractivity contribution in [2.45, 2.75) is 20.1 Å². The molecular weight excluding hydrogens is 380 g/mol. The van der Waals surface area contributed by atoms with E-state index in [9.17, 15) is 4.79 Å². The predicted molar refractivity (Wildman–Crippen MR) is 115 cm³/mol. The molecule has 0 bridgehead atoms. The highest BCUT2D eigenvalue weighted by Crippen LogP contribution is 2.26. The quantitative estimate of drug-likeness (QED) is 0.357. The van der Waals surface area contributed by atoms with Crippen LogP contribution in [0.5, 0.6) is 0 Å². The average molecular weight is 404 g/mol. The van der Waals surface area contributed by atoms with E-state index < -0.39 is 5.97 Å². The summed E-state index contributed by atoms with van der Waals surface area (Å²) in [5.41, 5.74) is 9.88. The van der Waals surface area contributed by atoms with E-state index in [4.69, 9.17) is 15.7 Å². The Morgan fingerprint density at radius 1 is 1.17 bits per heavy atom. The number of nitrogens with zero attached hydrogens (tertiary/aromatic N) is 3. The number of oxime groups is 1. The maximum Gasteiger partial charge on any atom is 0.309 e. The lowest BCUT2D eigenvalue weighted by Gasteiger charge is -2.36. The number of rotatable bonds is 7. The van der Waals surface area contributed by atoms with Gasteiger partial charge in [-0.25, -0.2) is 0 Å². The average Bonchev–Trinajstić information content (AvgIpc) is 2.70. The first-order valence-corrected chi connectivity index (χ1v) is 9.85. The molecule has 0 radical (unpaired) electrons. The zero-order valence-electron chi connectivity index (χ0n) is 16.8. The van der Waals surface area contributed by atoms with Gasteiger partial charge in [0.25, 0.3) is 0 Å². The molecule has 30 heavy (non-hydrogen) atoms. The number of carboxylic acid groups (broad SMARTS) is 1. The van der Waals surface area contributed by atoms with Crippen LogP contribution in [0, 0.1) is 12.8 Å². The summed E-state index contributed by atoms with van der Waals surface area (Å²) in [5.74, 6) is -0.685. The molecule has 0 aliphatic carbocycles. The summed E-state index contributed by atoms with van der Waals surface area (Å²) >= 11 is 0. The number of aliphatic carboxylic acids is 1. The van der Waals surface area contributed by atoms with Gasteiger partial charge in [-0.3, -0.25) is 14.7 Å². The van der Waals surface area contributed by atoms with Crippen molar-refractivity contribution in [3.63, 3.8) is 0 Å². The molecule has 7 heteroatoms. The summed E-state index contributed by atoms with van der Waals surface area (Å²) in [6.45, 7) is 4.04. The van der Waals surface area contributed by atoms with Gasteiger partial charge in [-0.2, -0.15) is 0 Å². The Morgan fingerprint density at radius 3 is 2.67 bits per heavy atom. The second-order valence-corrected chi connectivity index (χ2v) is 7.57. The number of likely N-dealkylation sites (tertiary alicyclic amines) is 1. The van der Waals surface area contributed by atoms with Crippen molar-refractivity contribution in [3.8, 4) is 0 Å². The predicted octanol–water partition coefficient (Wildman–Crippen LogP) is 2.90. The number of pyridine rings is 1. The van der Waals surface area contributed by atoms with E-state index >= 15 is 0 Å². The van der Waals surface area contributed by atoms with Crippen molar-refractivity contribution in [2.75, 3.05) is 13.1 Å². The highest BCUT2D eigenvalue weighted by Gasteiger charge is 2.32. The fourth-order valence-electron chi connectivity index (χ4n) is 3.72. The third-order valence-corrected chi connectivity index (χ3v) is 5.31. The molecule has 0 unspecified atom stereocenters. The maximum absolute atomic E-state index is 11.0. The second kappa shape index (κ2) is 8.51. The summed E-state index contributed by atoms with van der Waals surface area (Å²) in [4.78, 5) is 23.0. The monoisotopic (exact) mass is 404 g/mol. The first kappa shape index (κ1) is 19.8. The molecule has 0 saturated carbocycles. The van der Waals surface area contributed by atoms with Crippen molar-refractivity contribution in [2.24, 2.45) is 16.8 Å². The number of carboxylic acids is 1. The largest absolute Gasteiger partial charge is 0.481 e. The summed E-state index contributed by atoms with van der Waals surface area (Å²) in [6, 6.07) is 17.7. The molecule has 0 atom stereocenters. The Hall–Kier alpha value is -3.45. The molecule has 1 fully saturated rings. The molecule has 2 heterocycles. The Balaban J connectivity index is 1.51. The second-order valence-electron chi connectivity index (χ2n) is 7.57. The lowest BCUT2D eigenvalue weighted by atomic mass is 9.95. The van der Waals surface area contributed by atoms with E-state index in [0.717, 1.165) is 33.3 Å². The molecule has 1 saturated heterocycles. The van der Waals surface area contributed by atoms with Gasteiger partial charge in [0, 0.05) is 30.9 Å². The minimum atomic E-state index is -0.726. The summed E-state index contributed by atoms with van der Waals surface area (Å²) in [5, 5.41) is 15.2. The summed E-state index contributed by atoms with van der Waals surface area (Å²) in [6.07, 6.45) is 0. The number of amidine groups is 1. The number of hydrogen-bond donors (Lipinski definition) is 2. The van der Waals surface area contributed by atoms with E-state index in [0.29, 0.717) is 25.5 Å². The molecular formula is C23H24N4O3. The van der Waals surface area contributed by atoms with Gasteiger partial charge in [0.2, 0.25) is 0 Å². The van der Waals surface area contributed by atoms with Crippen molar-refractivity contribution in [1.82, 2.24) is 9.88 Å². The Bertz CT molecular complexity index is 1110. The number of carbonyl (C=O) groups is 1. The van der Waals surface area contributed by atoms with E-state index in [1.807, 2.05) is 61.5 Å². The van der Waals surface area contributed by atoms with Crippen molar-refractivity contribution in [1.29, 1.82) is 0 Å². The molecule has 3 aromatic rings. The van der Waals surface area contributed by atoms with Crippen molar-refractivity contribution in [3.05, 3.63) is 77.1 Å². The van der Waals surface area contributed by atoms with Gasteiger partial charge < -0.3 is 15.7 Å². The van der Waals surface area contributed by atoms with Crippen molar-refractivity contribution >= 4 is 22.6 Å². The zero-order valence-corrected chi connectivity index (χ0v) is 16.8. The van der Waals surface area contributed by atoms with Gasteiger partial charge in [-0.15, -0.1) is 0 Å². The van der Waals surface area contributed by atoms with E-state index in [-0.39, 0.29) is 12.5 Å². The Kier molecular flexibility index (Phi) is 5.63. The molecule has 3 N–H and O–H groups in total. The highest BCUT2D eigenvalue weighted by molar-refractivity contribution is 6.09. The summed E-state index contributed by atoms with van der Waals surface area (Å²) in [7, 11) is 0. The van der Waals surface area contributed by atoms with Crippen LogP contribution in [0.3, 0.4) is 0 Å². The molecule has 154 valence electrons. The molecule has 1 aromatic heterocycles. The minimum Gasteiger partial charge on any atom is -0.481 e. The molecule has 1 aliphatic heterocycles. The van der Waals surface area contributed by atoms with Crippen LogP contribution in [-0.2, 0) is 22.8 Å². The number of nitrogens with two attached hydrogens (primary N) is 1. The van der Waals surface area contributed by atoms with E-state index in [1.54, 1.807) is 0 Å². The van der Waals surface area contributed by atoms with Crippen LogP contribution in [0.2, 0.25) is 0 Å². The maximum atomic E-state index is 11.0. The first-order chi connectivity index (χ1) is 14.5. The van der Waals surface area contributed by atoms with E-state index in [2.05, 4.69) is 15.0 Å². The lowest BCUT2D eigenvalue weighted by Crippen LogP contribution is -2.49. The SMILES string of the molecule is Cc1cccc(CO/N=C(\N)c2ccc(CN3CC(C(=O)O)C3)c3ccccc23)n1. The van der Waals surface area contributed by atoms with Gasteiger partial charge in [-0.05, 0) is 35.4 Å². The molecule has 0 amide bonds. The van der Waals surface area contributed by atoms with Gasteiger partial charge in [0.15, 0.2) is 12.4 Å². The fraction of sp³-hybridized carbons (Fsp3) is 0.261. The minimum absolute atomic E-state index is 0.248. The van der Waals surface area contributed by atoms with Crippen LogP contribution in [0.15, 0.2) is 59.8 Å². The number of hydrogen-bond acceptors (Lipinski definition) is 5. The van der Waals surface area contributed by atoms with Gasteiger partial charge in [0.1, 0.15) is 0 Å².